The van der Waals surface area contributed by atoms with Crippen LogP contribution in [0.25, 0.3) is 0 Å². The van der Waals surface area contributed by atoms with Crippen molar-refractivity contribution >= 4 is 10.0 Å². The molecule has 0 saturated heterocycles. The third-order valence-electron chi connectivity index (χ3n) is 4.15. The molecule has 0 amide bonds. The molecule has 1 aliphatic rings. The number of hydrogen-bond acceptors (Lipinski definition) is 4. The van der Waals surface area contributed by atoms with Crippen molar-refractivity contribution in [2.24, 2.45) is 5.92 Å². The van der Waals surface area contributed by atoms with Crippen molar-refractivity contribution in [3.63, 3.8) is 0 Å². The fourth-order valence-corrected chi connectivity index (χ4v) is 4.04. The van der Waals surface area contributed by atoms with E-state index in [1.54, 1.807) is 17.9 Å². The predicted octanol–water partition coefficient (Wildman–Crippen LogP) is 1.30. The molecule has 0 radical (unpaired) electrons. The molecule has 0 aromatic carbocycles. The largest absolute Gasteiger partial charge is 0.318 e. The lowest BCUT2D eigenvalue weighted by Crippen LogP contribution is -2.32. The molecule has 7 heteroatoms. The zero-order valence-corrected chi connectivity index (χ0v) is 13.8. The Morgan fingerprint density at radius 3 is 2.76 bits per heavy atom. The summed E-state index contributed by atoms with van der Waals surface area (Å²) in [5.41, 5.74) is 0. The van der Waals surface area contributed by atoms with Crippen LogP contribution in [0.5, 0.6) is 0 Å². The van der Waals surface area contributed by atoms with Crippen molar-refractivity contribution in [2.75, 3.05) is 27.2 Å². The van der Waals surface area contributed by atoms with E-state index in [0.717, 1.165) is 19.4 Å². The number of hydrogen-bond donors (Lipinski definition) is 1. The van der Waals surface area contributed by atoms with Gasteiger partial charge in [-0.2, -0.15) is 5.10 Å². The van der Waals surface area contributed by atoms with Crippen LogP contribution in [0.1, 0.15) is 32.1 Å². The molecule has 1 saturated carbocycles. The summed E-state index contributed by atoms with van der Waals surface area (Å²) in [6.07, 6.45) is 9.07. The van der Waals surface area contributed by atoms with Crippen molar-refractivity contribution in [1.82, 2.24) is 19.4 Å². The molecule has 1 aromatic rings. The van der Waals surface area contributed by atoms with Gasteiger partial charge in [-0.1, -0.05) is 19.3 Å². The Balaban J connectivity index is 2.00. The van der Waals surface area contributed by atoms with Crippen LogP contribution in [0.15, 0.2) is 17.3 Å². The van der Waals surface area contributed by atoms with E-state index in [2.05, 4.69) is 10.4 Å². The molecule has 0 atom stereocenters. The lowest BCUT2D eigenvalue weighted by molar-refractivity contribution is 0.300. The first-order chi connectivity index (χ1) is 10.0. The third-order valence-corrected chi connectivity index (χ3v) is 5.92. The van der Waals surface area contributed by atoms with Gasteiger partial charge in [-0.05, 0) is 25.8 Å². The Labute approximate surface area is 127 Å². The van der Waals surface area contributed by atoms with E-state index in [4.69, 9.17) is 0 Å². The zero-order chi connectivity index (χ0) is 15.3. The monoisotopic (exact) mass is 314 g/mol. The van der Waals surface area contributed by atoms with Crippen molar-refractivity contribution in [2.45, 2.75) is 43.5 Å². The Morgan fingerprint density at radius 2 is 2.10 bits per heavy atom. The van der Waals surface area contributed by atoms with Gasteiger partial charge in [0.2, 0.25) is 10.0 Å². The fourth-order valence-electron chi connectivity index (χ4n) is 2.84. The molecule has 21 heavy (non-hydrogen) atoms. The number of rotatable bonds is 7. The predicted molar refractivity (Wildman–Crippen MR) is 82.5 cm³/mol. The molecule has 1 fully saturated rings. The van der Waals surface area contributed by atoms with Crippen LogP contribution in [-0.2, 0) is 16.6 Å². The fraction of sp³-hybridized carbons (Fsp3) is 0.786. The lowest BCUT2D eigenvalue weighted by Gasteiger charge is -2.26. The van der Waals surface area contributed by atoms with Crippen molar-refractivity contribution in [3.05, 3.63) is 12.4 Å². The number of nitrogens with zero attached hydrogens (tertiary/aromatic N) is 3. The summed E-state index contributed by atoms with van der Waals surface area (Å²) in [6.45, 7) is 2.04. The van der Waals surface area contributed by atoms with Gasteiger partial charge in [0.15, 0.2) is 0 Å². The van der Waals surface area contributed by atoms with Gasteiger partial charge < -0.3 is 5.32 Å². The van der Waals surface area contributed by atoms with Gasteiger partial charge >= 0.3 is 0 Å². The second-order valence-electron chi connectivity index (χ2n) is 5.83. The maximum absolute atomic E-state index is 12.5. The van der Waals surface area contributed by atoms with Crippen LogP contribution in [0, 0.1) is 5.92 Å². The number of sulfonamides is 1. The molecule has 1 aromatic heterocycles. The standard InChI is InChI=1S/C14H26N4O2S/c1-15-8-9-18-12-14(10-16-18)21(19,20)17(2)11-13-6-4-3-5-7-13/h10,12-13,15H,3-9,11H2,1-2H3. The number of nitrogens with one attached hydrogen (secondary N) is 1. The molecule has 120 valence electrons. The summed E-state index contributed by atoms with van der Waals surface area (Å²) < 4.78 is 28.3. The third kappa shape index (κ3) is 4.28. The maximum Gasteiger partial charge on any atom is 0.245 e. The molecule has 0 aliphatic heterocycles. The molecular weight excluding hydrogens is 288 g/mol. The summed E-state index contributed by atoms with van der Waals surface area (Å²) in [5, 5.41) is 7.14. The van der Waals surface area contributed by atoms with E-state index in [9.17, 15) is 8.42 Å². The second kappa shape index (κ2) is 7.38. The van der Waals surface area contributed by atoms with E-state index in [-0.39, 0.29) is 4.90 Å². The smallest absolute Gasteiger partial charge is 0.245 e. The molecule has 1 aliphatic carbocycles. The van der Waals surface area contributed by atoms with E-state index in [1.165, 1.54) is 29.8 Å². The highest BCUT2D eigenvalue weighted by Crippen LogP contribution is 2.25. The minimum absolute atomic E-state index is 0.289. The molecular formula is C14H26N4O2S. The molecule has 6 nitrogen and oxygen atoms in total. The maximum atomic E-state index is 12.5. The molecule has 0 unspecified atom stereocenters. The quantitative estimate of drug-likeness (QED) is 0.824. The first-order valence-corrected chi connectivity index (χ1v) is 9.11. The first kappa shape index (κ1) is 16.5. The first-order valence-electron chi connectivity index (χ1n) is 7.67. The van der Waals surface area contributed by atoms with Crippen molar-refractivity contribution in [1.29, 1.82) is 0 Å². The van der Waals surface area contributed by atoms with Gasteiger partial charge in [0.1, 0.15) is 4.90 Å². The lowest BCUT2D eigenvalue weighted by atomic mass is 9.89. The van der Waals surface area contributed by atoms with Crippen LogP contribution in [-0.4, -0.2) is 49.7 Å². The Morgan fingerprint density at radius 1 is 1.38 bits per heavy atom. The highest BCUT2D eigenvalue weighted by Gasteiger charge is 2.25. The van der Waals surface area contributed by atoms with Crippen LogP contribution in [0.4, 0.5) is 0 Å². The van der Waals surface area contributed by atoms with Gasteiger partial charge in [-0.25, -0.2) is 12.7 Å². The second-order valence-corrected chi connectivity index (χ2v) is 7.88. The molecule has 2 rings (SSSR count). The Kier molecular flexibility index (Phi) is 5.78. The van der Waals surface area contributed by atoms with Gasteiger partial charge in [-0.15, -0.1) is 0 Å². The topological polar surface area (TPSA) is 67.2 Å². The minimum atomic E-state index is -3.41. The van der Waals surface area contributed by atoms with E-state index >= 15 is 0 Å². The van der Waals surface area contributed by atoms with Crippen LogP contribution in [0.2, 0.25) is 0 Å². The SMILES string of the molecule is CNCCn1cc(S(=O)(=O)N(C)CC2CCCCC2)cn1. The summed E-state index contributed by atoms with van der Waals surface area (Å²) in [5.74, 6) is 0.498. The number of likely N-dealkylation sites (N-methyl/N-ethyl adjacent to an activating group) is 1. The highest BCUT2D eigenvalue weighted by molar-refractivity contribution is 7.89. The van der Waals surface area contributed by atoms with Gasteiger partial charge in [0.25, 0.3) is 0 Å². The van der Waals surface area contributed by atoms with Gasteiger partial charge in [0.05, 0.1) is 12.7 Å². The summed E-state index contributed by atoms with van der Waals surface area (Å²) >= 11 is 0. The zero-order valence-electron chi connectivity index (χ0n) is 13.0. The summed E-state index contributed by atoms with van der Waals surface area (Å²) in [7, 11) is 0.123. The van der Waals surface area contributed by atoms with Crippen LogP contribution in [0.3, 0.4) is 0 Å². The van der Waals surface area contributed by atoms with Crippen LogP contribution < -0.4 is 5.32 Å². The minimum Gasteiger partial charge on any atom is -0.318 e. The summed E-state index contributed by atoms with van der Waals surface area (Å²) in [4.78, 5) is 0.289. The average molecular weight is 314 g/mol. The van der Waals surface area contributed by atoms with Gasteiger partial charge in [0, 0.05) is 26.3 Å². The molecule has 0 spiro atoms. The highest BCUT2D eigenvalue weighted by atomic mass is 32.2. The van der Waals surface area contributed by atoms with Crippen LogP contribution >= 0.6 is 0 Å². The van der Waals surface area contributed by atoms with E-state index in [0.29, 0.717) is 19.0 Å². The Hall–Kier alpha value is -0.920. The average Bonchev–Trinajstić information content (AvgIpc) is 2.95. The Bertz CT molecular complexity index is 535. The normalized spacial score (nSPS) is 17.5. The molecule has 0 bridgehead atoms. The summed E-state index contributed by atoms with van der Waals surface area (Å²) in [6, 6.07) is 0. The van der Waals surface area contributed by atoms with E-state index < -0.39 is 10.0 Å². The van der Waals surface area contributed by atoms with E-state index in [1.807, 2.05) is 7.05 Å². The van der Waals surface area contributed by atoms with Crippen molar-refractivity contribution < 1.29 is 8.42 Å². The molecule has 1 N–H and O–H groups in total. The number of aromatic nitrogens is 2. The van der Waals surface area contributed by atoms with Crippen molar-refractivity contribution in [3.8, 4) is 0 Å². The van der Waals surface area contributed by atoms with Gasteiger partial charge in [-0.3, -0.25) is 4.68 Å². The molecule has 1 heterocycles.